The number of piperidine rings is 1. The van der Waals surface area contributed by atoms with E-state index in [4.69, 9.17) is 0 Å². The Balaban J connectivity index is 1.88. The van der Waals surface area contributed by atoms with E-state index in [-0.39, 0.29) is 0 Å². The molecule has 1 aliphatic carbocycles. The highest BCUT2D eigenvalue weighted by Crippen LogP contribution is 2.43. The number of hydrogen-bond donors (Lipinski definition) is 1. The van der Waals surface area contributed by atoms with Crippen molar-refractivity contribution in [3.05, 3.63) is 35.4 Å². The minimum Gasteiger partial charge on any atom is -0.310 e. The topological polar surface area (TPSA) is 12.0 Å². The van der Waals surface area contributed by atoms with Crippen LogP contribution < -0.4 is 5.32 Å². The van der Waals surface area contributed by atoms with Gasteiger partial charge in [-0.3, -0.25) is 0 Å². The first-order valence-electron chi connectivity index (χ1n) is 6.27. The van der Waals surface area contributed by atoms with E-state index >= 15 is 0 Å². The lowest BCUT2D eigenvalue weighted by molar-refractivity contribution is 0.410. The Labute approximate surface area is 91.9 Å². The zero-order valence-corrected chi connectivity index (χ0v) is 9.21. The highest BCUT2D eigenvalue weighted by atomic mass is 14.9. The molecule has 1 unspecified atom stereocenters. The van der Waals surface area contributed by atoms with Crippen molar-refractivity contribution < 1.29 is 0 Å². The Hall–Kier alpha value is -0.820. The first-order chi connectivity index (χ1) is 7.45. The molecular formula is C14H19N. The van der Waals surface area contributed by atoms with E-state index < -0.39 is 0 Å². The Morgan fingerprint density at radius 1 is 0.933 bits per heavy atom. The second-order valence-electron chi connectivity index (χ2n) is 4.91. The molecule has 1 aromatic rings. The highest BCUT2D eigenvalue weighted by molar-refractivity contribution is 5.35. The van der Waals surface area contributed by atoms with Gasteiger partial charge >= 0.3 is 0 Å². The Morgan fingerprint density at radius 3 is 2.40 bits per heavy atom. The van der Waals surface area contributed by atoms with Crippen LogP contribution in [0, 0.1) is 0 Å². The van der Waals surface area contributed by atoms with Crippen LogP contribution in [-0.2, 0) is 0 Å². The van der Waals surface area contributed by atoms with Gasteiger partial charge in [0.2, 0.25) is 0 Å². The molecule has 0 amide bonds. The molecule has 1 heteroatoms. The molecule has 1 heterocycles. The fourth-order valence-electron chi connectivity index (χ4n) is 2.71. The normalized spacial score (nSPS) is 26.5. The first kappa shape index (κ1) is 9.41. The Kier molecular flexibility index (Phi) is 2.49. The molecular weight excluding hydrogens is 182 g/mol. The van der Waals surface area contributed by atoms with Gasteiger partial charge in [-0.2, -0.15) is 0 Å². The third kappa shape index (κ3) is 1.93. The van der Waals surface area contributed by atoms with Crippen LogP contribution in [0.15, 0.2) is 24.3 Å². The predicted molar refractivity (Wildman–Crippen MR) is 63.0 cm³/mol. The van der Waals surface area contributed by atoms with E-state index in [9.17, 15) is 0 Å². The summed E-state index contributed by atoms with van der Waals surface area (Å²) in [5.74, 6) is 0.880. The number of hydrogen-bond acceptors (Lipinski definition) is 1. The minimum atomic E-state index is 0.635. The lowest BCUT2D eigenvalue weighted by Crippen LogP contribution is -2.27. The molecule has 15 heavy (non-hydrogen) atoms. The third-order valence-electron chi connectivity index (χ3n) is 3.70. The molecule has 80 valence electrons. The van der Waals surface area contributed by atoms with Gasteiger partial charge in [-0.05, 0) is 49.3 Å². The maximum atomic E-state index is 3.66. The van der Waals surface area contributed by atoms with Gasteiger partial charge in [0.05, 0.1) is 0 Å². The van der Waals surface area contributed by atoms with Crippen LogP contribution in [0.5, 0.6) is 0 Å². The molecule has 0 spiro atoms. The monoisotopic (exact) mass is 201 g/mol. The number of benzene rings is 1. The average Bonchev–Trinajstić information content (AvgIpc) is 3.14. The zero-order valence-electron chi connectivity index (χ0n) is 9.21. The summed E-state index contributed by atoms with van der Waals surface area (Å²) in [6.07, 6.45) is 6.87. The fraction of sp³-hybridized carbons (Fsp3) is 0.571. The van der Waals surface area contributed by atoms with Crippen molar-refractivity contribution in [2.45, 2.75) is 44.1 Å². The molecule has 1 nitrogen and oxygen atoms in total. The van der Waals surface area contributed by atoms with Gasteiger partial charge in [-0.15, -0.1) is 0 Å². The van der Waals surface area contributed by atoms with Gasteiger partial charge in [0.25, 0.3) is 0 Å². The molecule has 1 saturated heterocycles. The maximum Gasteiger partial charge on any atom is 0.0323 e. The molecule has 1 aliphatic heterocycles. The largest absolute Gasteiger partial charge is 0.310 e. The highest BCUT2D eigenvalue weighted by Gasteiger charge is 2.28. The summed E-state index contributed by atoms with van der Waals surface area (Å²) in [6, 6.07) is 9.69. The van der Waals surface area contributed by atoms with Crippen molar-refractivity contribution >= 4 is 0 Å². The van der Waals surface area contributed by atoms with Crippen LogP contribution in [0.4, 0.5) is 0 Å². The molecule has 2 aliphatic rings. The average molecular weight is 201 g/mol. The molecule has 3 rings (SSSR count). The van der Waals surface area contributed by atoms with Crippen LogP contribution >= 0.6 is 0 Å². The SMILES string of the molecule is c1ccc(C2CCCCN2)c(C2CC2)c1. The lowest BCUT2D eigenvalue weighted by atomic mass is 9.92. The first-order valence-corrected chi connectivity index (χ1v) is 6.27. The van der Waals surface area contributed by atoms with Gasteiger partial charge in [0.1, 0.15) is 0 Å². The maximum absolute atomic E-state index is 3.66. The smallest absolute Gasteiger partial charge is 0.0323 e. The summed E-state index contributed by atoms with van der Waals surface area (Å²) in [6.45, 7) is 1.20. The van der Waals surface area contributed by atoms with E-state index in [0.29, 0.717) is 6.04 Å². The third-order valence-corrected chi connectivity index (χ3v) is 3.70. The summed E-state index contributed by atoms with van der Waals surface area (Å²) in [7, 11) is 0. The standard InChI is InChI=1S/C14H19N/c1-2-6-13(12(5-1)11-8-9-11)14-7-3-4-10-15-14/h1-2,5-6,11,14-15H,3-4,7-10H2. The van der Waals surface area contributed by atoms with Crippen molar-refractivity contribution in [3.8, 4) is 0 Å². The second-order valence-corrected chi connectivity index (χ2v) is 4.91. The molecule has 2 fully saturated rings. The van der Waals surface area contributed by atoms with Crippen LogP contribution in [0.1, 0.15) is 55.2 Å². The number of rotatable bonds is 2. The molecule has 0 bridgehead atoms. The van der Waals surface area contributed by atoms with Crippen molar-refractivity contribution in [1.29, 1.82) is 0 Å². The van der Waals surface area contributed by atoms with E-state index in [0.717, 1.165) is 5.92 Å². The van der Waals surface area contributed by atoms with Crippen LogP contribution in [0.25, 0.3) is 0 Å². The van der Waals surface area contributed by atoms with Gasteiger partial charge in [-0.25, -0.2) is 0 Å². The molecule has 1 aromatic carbocycles. The van der Waals surface area contributed by atoms with E-state index in [2.05, 4.69) is 29.6 Å². The fourth-order valence-corrected chi connectivity index (χ4v) is 2.71. The molecule has 1 N–H and O–H groups in total. The summed E-state index contributed by atoms with van der Waals surface area (Å²) >= 11 is 0. The summed E-state index contributed by atoms with van der Waals surface area (Å²) < 4.78 is 0. The molecule has 0 aromatic heterocycles. The van der Waals surface area contributed by atoms with E-state index in [1.54, 1.807) is 11.1 Å². The van der Waals surface area contributed by atoms with Gasteiger partial charge in [0.15, 0.2) is 0 Å². The molecule has 1 atom stereocenters. The van der Waals surface area contributed by atoms with Crippen LogP contribution in [-0.4, -0.2) is 6.54 Å². The summed E-state index contributed by atoms with van der Waals surface area (Å²) in [5, 5.41) is 3.66. The van der Waals surface area contributed by atoms with Crippen molar-refractivity contribution in [2.24, 2.45) is 0 Å². The van der Waals surface area contributed by atoms with Crippen LogP contribution in [0.3, 0.4) is 0 Å². The minimum absolute atomic E-state index is 0.635. The number of nitrogens with one attached hydrogen (secondary N) is 1. The predicted octanol–water partition coefficient (Wildman–Crippen LogP) is 3.38. The Bertz CT molecular complexity index is 335. The second kappa shape index (κ2) is 3.97. The molecule has 0 radical (unpaired) electrons. The van der Waals surface area contributed by atoms with Crippen LogP contribution in [0.2, 0.25) is 0 Å². The van der Waals surface area contributed by atoms with Crippen molar-refractivity contribution in [2.75, 3.05) is 6.54 Å². The quantitative estimate of drug-likeness (QED) is 0.773. The van der Waals surface area contributed by atoms with Crippen molar-refractivity contribution in [3.63, 3.8) is 0 Å². The van der Waals surface area contributed by atoms with Crippen molar-refractivity contribution in [1.82, 2.24) is 5.32 Å². The lowest BCUT2D eigenvalue weighted by Gasteiger charge is -2.26. The van der Waals surface area contributed by atoms with Gasteiger partial charge < -0.3 is 5.32 Å². The summed E-state index contributed by atoms with van der Waals surface area (Å²) in [4.78, 5) is 0. The summed E-state index contributed by atoms with van der Waals surface area (Å²) in [5.41, 5.74) is 3.21. The van der Waals surface area contributed by atoms with Gasteiger partial charge in [-0.1, -0.05) is 30.7 Å². The van der Waals surface area contributed by atoms with E-state index in [1.807, 2.05) is 0 Å². The zero-order chi connectivity index (χ0) is 10.1. The molecule has 1 saturated carbocycles. The van der Waals surface area contributed by atoms with E-state index in [1.165, 1.54) is 38.6 Å². The Morgan fingerprint density at radius 2 is 1.73 bits per heavy atom. The van der Waals surface area contributed by atoms with Gasteiger partial charge in [0, 0.05) is 6.04 Å².